The Morgan fingerprint density at radius 1 is 1.28 bits per heavy atom. The van der Waals surface area contributed by atoms with Crippen LogP contribution in [0.3, 0.4) is 0 Å². The molecule has 0 spiro atoms. The molecule has 0 atom stereocenters. The van der Waals surface area contributed by atoms with Crippen molar-refractivity contribution in [3.05, 3.63) is 30.1 Å². The Bertz CT molecular complexity index is 520. The minimum absolute atomic E-state index is 0.0837. The number of hydrogen-bond donors (Lipinski definition) is 1. The third-order valence-electron chi connectivity index (χ3n) is 3.26. The summed E-state index contributed by atoms with van der Waals surface area (Å²) in [7, 11) is 0. The van der Waals surface area contributed by atoms with Crippen LogP contribution in [0, 0.1) is 6.92 Å². The first-order valence-electron chi connectivity index (χ1n) is 6.45. The molecule has 98 valence electrons. The van der Waals surface area contributed by atoms with Crippen LogP contribution in [0.4, 0.5) is 0 Å². The fraction of sp³-hybridized carbons (Fsp3) is 0.500. The van der Waals surface area contributed by atoms with Crippen LogP contribution in [-0.4, -0.2) is 29.5 Å². The maximum absolute atomic E-state index is 8.70. The predicted molar refractivity (Wildman–Crippen MR) is 70.4 cm³/mol. The highest BCUT2D eigenvalue weighted by atomic mass is 16.5. The maximum atomic E-state index is 8.70. The number of imidazole rings is 1. The fourth-order valence-corrected chi connectivity index (χ4v) is 2.42. The number of benzene rings is 1. The van der Waals surface area contributed by atoms with Gasteiger partial charge in [-0.2, -0.15) is 0 Å². The van der Waals surface area contributed by atoms with Gasteiger partial charge in [0.15, 0.2) is 11.0 Å². The Labute approximate surface area is 107 Å². The van der Waals surface area contributed by atoms with E-state index in [1.165, 1.54) is 16.9 Å². The predicted octanol–water partition coefficient (Wildman–Crippen LogP) is 1.27. The van der Waals surface area contributed by atoms with Crippen LogP contribution < -0.4 is 4.57 Å². The number of hydrogen-bond acceptors (Lipinski definition) is 2. The zero-order valence-electron chi connectivity index (χ0n) is 11.1. The molecule has 0 radical (unpaired) electrons. The van der Waals surface area contributed by atoms with Gasteiger partial charge < -0.3 is 9.84 Å². The highest BCUT2D eigenvalue weighted by Gasteiger charge is 2.19. The van der Waals surface area contributed by atoms with E-state index in [4.69, 9.17) is 9.84 Å². The minimum atomic E-state index is 0.0837. The van der Waals surface area contributed by atoms with E-state index in [1.807, 2.05) is 0 Å². The van der Waals surface area contributed by atoms with Crippen LogP contribution in [-0.2, 0) is 17.8 Å². The molecule has 0 bridgehead atoms. The molecule has 0 aliphatic rings. The molecule has 18 heavy (non-hydrogen) atoms. The molecular weight excluding hydrogens is 228 g/mol. The van der Waals surface area contributed by atoms with Crippen molar-refractivity contribution in [3.8, 4) is 0 Å². The lowest BCUT2D eigenvalue weighted by Crippen LogP contribution is -2.38. The summed E-state index contributed by atoms with van der Waals surface area (Å²) in [5.74, 6) is 1.24. The summed E-state index contributed by atoms with van der Waals surface area (Å²) in [6.07, 6.45) is 0. The van der Waals surface area contributed by atoms with Crippen molar-refractivity contribution in [2.24, 2.45) is 0 Å². The largest absolute Gasteiger partial charge is 0.394 e. The molecule has 2 aromatic rings. The SMILES string of the molecule is CCn1c(C)[n+](CCOCCO)c2ccccc21. The van der Waals surface area contributed by atoms with Gasteiger partial charge in [0.25, 0.3) is 5.82 Å². The number of rotatable bonds is 6. The van der Waals surface area contributed by atoms with E-state index in [1.54, 1.807) is 0 Å². The van der Waals surface area contributed by atoms with Gasteiger partial charge in [0.2, 0.25) is 0 Å². The second-order valence-electron chi connectivity index (χ2n) is 4.27. The summed E-state index contributed by atoms with van der Waals surface area (Å²) in [5, 5.41) is 8.70. The Morgan fingerprint density at radius 3 is 2.78 bits per heavy atom. The maximum Gasteiger partial charge on any atom is 0.254 e. The molecule has 0 saturated carbocycles. The first-order chi connectivity index (χ1) is 8.79. The zero-order valence-corrected chi connectivity index (χ0v) is 11.1. The minimum Gasteiger partial charge on any atom is -0.394 e. The lowest BCUT2D eigenvalue weighted by atomic mass is 10.3. The number of para-hydroxylation sites is 2. The molecule has 4 heteroatoms. The number of fused-ring (bicyclic) bond motifs is 1. The van der Waals surface area contributed by atoms with E-state index in [0.717, 1.165) is 13.1 Å². The molecule has 0 aliphatic heterocycles. The molecule has 2 rings (SSSR count). The summed E-state index contributed by atoms with van der Waals surface area (Å²) in [6, 6.07) is 8.42. The third-order valence-corrected chi connectivity index (χ3v) is 3.26. The standard InChI is InChI=1S/C14H21N2O2/c1-3-15-12(2)16(8-10-18-11-9-17)14-7-5-4-6-13(14)15/h4-7,17H,3,8-11H2,1-2H3/q+1. The molecule has 0 aliphatic carbocycles. The summed E-state index contributed by atoms with van der Waals surface area (Å²) in [5.41, 5.74) is 2.50. The monoisotopic (exact) mass is 249 g/mol. The second kappa shape index (κ2) is 5.98. The molecule has 1 heterocycles. The Hall–Kier alpha value is -1.39. The Kier molecular flexibility index (Phi) is 4.33. The number of aromatic nitrogens is 2. The number of aliphatic hydroxyl groups is 1. The highest BCUT2D eigenvalue weighted by molar-refractivity contribution is 5.72. The van der Waals surface area contributed by atoms with Gasteiger partial charge in [-0.25, -0.2) is 9.13 Å². The topological polar surface area (TPSA) is 38.3 Å². The first-order valence-corrected chi connectivity index (χ1v) is 6.45. The lowest BCUT2D eigenvalue weighted by Gasteiger charge is -2.02. The molecule has 0 saturated heterocycles. The van der Waals surface area contributed by atoms with Crippen molar-refractivity contribution in [3.63, 3.8) is 0 Å². The first kappa shape index (κ1) is 13.1. The van der Waals surface area contributed by atoms with Crippen LogP contribution in [0.25, 0.3) is 11.0 Å². The zero-order chi connectivity index (χ0) is 13.0. The van der Waals surface area contributed by atoms with Crippen LogP contribution in [0.2, 0.25) is 0 Å². The van der Waals surface area contributed by atoms with E-state index < -0.39 is 0 Å². The smallest absolute Gasteiger partial charge is 0.254 e. The van der Waals surface area contributed by atoms with E-state index in [9.17, 15) is 0 Å². The third kappa shape index (κ3) is 2.40. The van der Waals surface area contributed by atoms with E-state index >= 15 is 0 Å². The normalized spacial score (nSPS) is 11.3. The van der Waals surface area contributed by atoms with Gasteiger partial charge in [-0.3, -0.25) is 0 Å². The Balaban J connectivity index is 2.28. The second-order valence-corrected chi connectivity index (χ2v) is 4.27. The van der Waals surface area contributed by atoms with Crippen LogP contribution in [0.5, 0.6) is 0 Å². The van der Waals surface area contributed by atoms with E-state index in [2.05, 4.69) is 47.2 Å². The summed E-state index contributed by atoms with van der Waals surface area (Å²) < 4.78 is 9.93. The van der Waals surface area contributed by atoms with Crippen LogP contribution >= 0.6 is 0 Å². The number of aryl methyl sites for hydroxylation is 1. The fourth-order valence-electron chi connectivity index (χ4n) is 2.42. The molecule has 0 fully saturated rings. The van der Waals surface area contributed by atoms with Crippen molar-refractivity contribution in [2.45, 2.75) is 26.9 Å². The summed E-state index contributed by atoms with van der Waals surface area (Å²) in [4.78, 5) is 0. The number of aliphatic hydroxyl groups excluding tert-OH is 1. The van der Waals surface area contributed by atoms with Crippen LogP contribution in [0.1, 0.15) is 12.7 Å². The van der Waals surface area contributed by atoms with Gasteiger partial charge in [-0.1, -0.05) is 12.1 Å². The Morgan fingerprint density at radius 2 is 2.06 bits per heavy atom. The van der Waals surface area contributed by atoms with Crippen molar-refractivity contribution < 1.29 is 14.4 Å². The molecule has 1 aromatic heterocycles. The lowest BCUT2D eigenvalue weighted by molar-refractivity contribution is -0.680. The van der Waals surface area contributed by atoms with Gasteiger partial charge >= 0.3 is 0 Å². The number of nitrogens with zero attached hydrogens (tertiary/aromatic N) is 2. The molecule has 0 unspecified atom stereocenters. The molecule has 4 nitrogen and oxygen atoms in total. The molecule has 0 amide bonds. The van der Waals surface area contributed by atoms with Crippen LogP contribution in [0.15, 0.2) is 24.3 Å². The average molecular weight is 249 g/mol. The quantitative estimate of drug-likeness (QED) is 0.618. The average Bonchev–Trinajstić information content (AvgIpc) is 2.67. The van der Waals surface area contributed by atoms with Gasteiger partial charge in [0.05, 0.1) is 26.4 Å². The van der Waals surface area contributed by atoms with E-state index in [0.29, 0.717) is 13.2 Å². The number of ether oxygens (including phenoxy) is 1. The van der Waals surface area contributed by atoms with Gasteiger partial charge in [-0.15, -0.1) is 0 Å². The van der Waals surface area contributed by atoms with Crippen molar-refractivity contribution in [1.82, 2.24) is 4.57 Å². The van der Waals surface area contributed by atoms with Gasteiger partial charge in [0.1, 0.15) is 6.54 Å². The van der Waals surface area contributed by atoms with Crippen molar-refractivity contribution in [2.75, 3.05) is 19.8 Å². The summed E-state index contributed by atoms with van der Waals surface area (Å²) in [6.45, 7) is 7.20. The van der Waals surface area contributed by atoms with Crippen molar-refractivity contribution >= 4 is 11.0 Å². The van der Waals surface area contributed by atoms with Gasteiger partial charge in [0, 0.05) is 6.92 Å². The van der Waals surface area contributed by atoms with E-state index in [-0.39, 0.29) is 6.61 Å². The summed E-state index contributed by atoms with van der Waals surface area (Å²) >= 11 is 0. The molecular formula is C14H21N2O2+. The van der Waals surface area contributed by atoms with Crippen molar-refractivity contribution in [1.29, 1.82) is 0 Å². The van der Waals surface area contributed by atoms with Gasteiger partial charge in [-0.05, 0) is 19.1 Å². The highest BCUT2D eigenvalue weighted by Crippen LogP contribution is 2.13. The molecule has 1 aromatic carbocycles. The molecule has 1 N–H and O–H groups in total.